The van der Waals surface area contributed by atoms with Gasteiger partial charge in [0.05, 0.1) is 17.8 Å². The molecule has 3 aliphatic rings. The predicted molar refractivity (Wildman–Crippen MR) is 186 cm³/mol. The van der Waals surface area contributed by atoms with Crippen LogP contribution in [-0.4, -0.2) is 73.4 Å². The molecule has 260 valence electrons. The molecule has 1 aliphatic carbocycles. The molecule has 3 aromatic heterocycles. The highest BCUT2D eigenvalue weighted by molar-refractivity contribution is 7.08. The molecule has 0 unspecified atom stereocenters. The Hall–Kier alpha value is -4.30. The third-order valence-corrected chi connectivity index (χ3v) is 10.7. The Balaban J connectivity index is 1.38. The van der Waals surface area contributed by atoms with Crippen molar-refractivity contribution in [2.75, 3.05) is 6.54 Å². The van der Waals surface area contributed by atoms with Gasteiger partial charge in [-0.05, 0) is 91.2 Å². The number of carbonyl (C=O) groups is 4. The van der Waals surface area contributed by atoms with E-state index in [9.17, 15) is 29.1 Å². The zero-order valence-corrected chi connectivity index (χ0v) is 29.4. The number of nitrogens with zero attached hydrogens (tertiary/aromatic N) is 3. The molecule has 5 atom stereocenters. The summed E-state index contributed by atoms with van der Waals surface area (Å²) in [5, 5.41) is 27.9. The molecule has 3 amide bonds. The van der Waals surface area contributed by atoms with Crippen LogP contribution in [0.15, 0.2) is 56.8 Å². The molecular formula is C35H41N5O7S2. The number of allylic oxidation sites excluding steroid dienone is 1. The number of hydrogen-bond donors (Lipinski definition) is 3. The summed E-state index contributed by atoms with van der Waals surface area (Å²) in [6, 6.07) is 0.988. The van der Waals surface area contributed by atoms with Gasteiger partial charge in [-0.3, -0.25) is 14.4 Å². The van der Waals surface area contributed by atoms with Gasteiger partial charge < -0.3 is 25.4 Å². The van der Waals surface area contributed by atoms with Gasteiger partial charge in [-0.25, -0.2) is 14.3 Å². The van der Waals surface area contributed by atoms with Crippen molar-refractivity contribution in [3.8, 4) is 22.3 Å². The second-order valence-corrected chi connectivity index (χ2v) is 15.5. The highest BCUT2D eigenvalue weighted by atomic mass is 32.1. The second kappa shape index (κ2) is 13.9. The lowest BCUT2D eigenvalue weighted by Gasteiger charge is -2.30. The van der Waals surface area contributed by atoms with Crippen LogP contribution in [0.25, 0.3) is 22.3 Å². The van der Waals surface area contributed by atoms with Crippen molar-refractivity contribution in [1.82, 2.24) is 25.3 Å². The van der Waals surface area contributed by atoms with E-state index >= 15 is 0 Å². The molecule has 5 heterocycles. The van der Waals surface area contributed by atoms with E-state index in [0.717, 1.165) is 30.4 Å². The highest BCUT2D eigenvalue weighted by Crippen LogP contribution is 2.45. The summed E-state index contributed by atoms with van der Waals surface area (Å²) in [7, 11) is 0. The zero-order valence-electron chi connectivity index (χ0n) is 27.7. The largest absolute Gasteiger partial charge is 0.479 e. The summed E-state index contributed by atoms with van der Waals surface area (Å²) in [6.45, 7) is 5.14. The summed E-state index contributed by atoms with van der Waals surface area (Å²) < 4.78 is 6.81. The van der Waals surface area contributed by atoms with Crippen LogP contribution in [0, 0.1) is 5.92 Å². The van der Waals surface area contributed by atoms with Gasteiger partial charge in [0.15, 0.2) is 0 Å². The Labute approximate surface area is 292 Å². The molecule has 1 saturated heterocycles. The Morgan fingerprint density at radius 3 is 2.49 bits per heavy atom. The fraction of sp³-hybridized carbons (Fsp3) is 0.486. The SMILES string of the molecule is CC(C)(C)OC(=O)N[C@H]1CCCCCC=C[C@@H]2C[C@@]2(C(=O)O)NC(=O)[C@@H]2C[C@@H](n3ncc(-c4ccsc4)c(-c4ccsc4)c3=O)CN2C1=O. The quantitative estimate of drug-likeness (QED) is 0.305. The first kappa shape index (κ1) is 34.6. The van der Waals surface area contributed by atoms with E-state index in [0.29, 0.717) is 24.0 Å². The number of aliphatic carboxylic acids is 1. The molecule has 0 bridgehead atoms. The number of carboxylic acids is 1. The van der Waals surface area contributed by atoms with Gasteiger partial charge in [0.25, 0.3) is 5.56 Å². The molecule has 3 N–H and O–H groups in total. The highest BCUT2D eigenvalue weighted by Gasteiger charge is 2.61. The standard InChI is InChI=1S/C35H41N5O7S2/c1-34(2,3)47-33(46)37-26-10-8-6-4-5-7-9-23-16-35(23,32(44)45)38-29(41)27-15-24(18-39(27)30(26)42)40-31(43)28(22-12-14-49-20-22)25(17-36-40)21-11-13-48-19-21/h7,9,11-14,17,19-20,23-24,26-27H,4-6,8,10,15-16,18H2,1-3H3,(H,37,46)(H,38,41)(H,44,45)/t23-,24-,26+,27+,35-/m1/s1. The second-order valence-electron chi connectivity index (χ2n) is 13.9. The summed E-state index contributed by atoms with van der Waals surface area (Å²) in [4.78, 5) is 69.5. The number of rotatable bonds is 5. The summed E-state index contributed by atoms with van der Waals surface area (Å²) >= 11 is 2.97. The fourth-order valence-electron chi connectivity index (χ4n) is 6.75. The van der Waals surface area contributed by atoms with Gasteiger partial charge in [0.2, 0.25) is 11.8 Å². The maximum absolute atomic E-state index is 14.4. The normalized spacial score (nSPS) is 26.1. The van der Waals surface area contributed by atoms with E-state index in [4.69, 9.17) is 4.74 Å². The van der Waals surface area contributed by atoms with Crippen molar-refractivity contribution < 1.29 is 29.0 Å². The third kappa shape index (κ3) is 7.35. The van der Waals surface area contributed by atoms with Crippen LogP contribution in [0.4, 0.5) is 4.79 Å². The Bertz CT molecular complexity index is 1800. The average Bonchev–Trinajstić information content (AvgIpc) is 3.56. The van der Waals surface area contributed by atoms with Crippen LogP contribution in [0.1, 0.15) is 71.8 Å². The molecule has 0 radical (unpaired) electrons. The average molecular weight is 708 g/mol. The number of carboxylic acid groups (broad SMARTS) is 1. The number of alkyl carbamates (subject to hydrolysis) is 1. The fourth-order valence-corrected chi connectivity index (χ4v) is 8.06. The molecule has 6 rings (SSSR count). The van der Waals surface area contributed by atoms with E-state index in [2.05, 4.69) is 15.7 Å². The van der Waals surface area contributed by atoms with Crippen LogP contribution in [0.5, 0.6) is 0 Å². The van der Waals surface area contributed by atoms with Gasteiger partial charge in [-0.1, -0.05) is 25.0 Å². The molecule has 49 heavy (non-hydrogen) atoms. The number of thiophene rings is 2. The number of amides is 3. The van der Waals surface area contributed by atoms with Crippen LogP contribution in [0.2, 0.25) is 0 Å². The first-order valence-corrected chi connectivity index (χ1v) is 18.5. The summed E-state index contributed by atoms with van der Waals surface area (Å²) in [6.07, 6.45) is 8.24. The summed E-state index contributed by atoms with van der Waals surface area (Å²) in [5.74, 6) is -2.64. The lowest BCUT2D eigenvalue weighted by Crippen LogP contribution is -2.56. The summed E-state index contributed by atoms with van der Waals surface area (Å²) in [5.41, 5.74) is 0.122. The minimum atomic E-state index is -1.47. The van der Waals surface area contributed by atoms with E-state index in [1.807, 2.05) is 45.8 Å². The van der Waals surface area contributed by atoms with Crippen molar-refractivity contribution in [2.45, 2.75) is 95.0 Å². The lowest BCUT2D eigenvalue weighted by molar-refractivity contribution is -0.145. The Kier molecular flexibility index (Phi) is 9.81. The number of ether oxygens (including phenoxy) is 1. The number of fused-ring (bicyclic) bond motifs is 2. The first-order chi connectivity index (χ1) is 23.4. The molecule has 14 heteroatoms. The molecule has 3 aromatic rings. The van der Waals surface area contributed by atoms with Gasteiger partial charge >= 0.3 is 12.1 Å². The molecule has 2 aliphatic heterocycles. The van der Waals surface area contributed by atoms with Gasteiger partial charge in [0.1, 0.15) is 23.2 Å². The van der Waals surface area contributed by atoms with E-state index in [1.54, 1.807) is 27.0 Å². The smallest absolute Gasteiger partial charge is 0.408 e. The van der Waals surface area contributed by atoms with Crippen LogP contribution >= 0.6 is 22.7 Å². The predicted octanol–water partition coefficient (Wildman–Crippen LogP) is 5.22. The maximum Gasteiger partial charge on any atom is 0.408 e. The maximum atomic E-state index is 14.4. The van der Waals surface area contributed by atoms with E-state index in [1.165, 1.54) is 32.3 Å². The van der Waals surface area contributed by atoms with Crippen LogP contribution in [-0.2, 0) is 19.1 Å². The number of aromatic nitrogens is 2. The van der Waals surface area contributed by atoms with Gasteiger partial charge in [0, 0.05) is 24.4 Å². The third-order valence-electron chi connectivity index (χ3n) is 9.32. The van der Waals surface area contributed by atoms with Gasteiger partial charge in [-0.2, -0.15) is 27.8 Å². The molecule has 2 fully saturated rings. The van der Waals surface area contributed by atoms with Gasteiger partial charge in [-0.15, -0.1) is 0 Å². The lowest BCUT2D eigenvalue weighted by atomic mass is 10.0. The monoisotopic (exact) mass is 707 g/mol. The molecule has 0 spiro atoms. The number of nitrogens with one attached hydrogen (secondary N) is 2. The number of hydrogen-bond acceptors (Lipinski definition) is 9. The molecule has 0 aromatic carbocycles. The minimum absolute atomic E-state index is 0.0285. The Morgan fingerprint density at radius 1 is 1.08 bits per heavy atom. The topological polar surface area (TPSA) is 160 Å². The van der Waals surface area contributed by atoms with Crippen molar-refractivity contribution in [3.63, 3.8) is 0 Å². The van der Waals surface area contributed by atoms with Crippen molar-refractivity contribution in [1.29, 1.82) is 0 Å². The van der Waals surface area contributed by atoms with E-state index < -0.39 is 53.1 Å². The molecular weight excluding hydrogens is 667 g/mol. The zero-order chi connectivity index (χ0) is 34.9. The van der Waals surface area contributed by atoms with Crippen molar-refractivity contribution in [2.24, 2.45) is 5.92 Å². The minimum Gasteiger partial charge on any atom is -0.479 e. The first-order valence-electron chi connectivity index (χ1n) is 16.6. The Morgan fingerprint density at radius 2 is 1.82 bits per heavy atom. The van der Waals surface area contributed by atoms with Crippen LogP contribution in [0.3, 0.4) is 0 Å². The molecule has 1 saturated carbocycles. The molecule has 12 nitrogen and oxygen atoms in total. The van der Waals surface area contributed by atoms with Crippen LogP contribution < -0.4 is 16.2 Å². The van der Waals surface area contributed by atoms with E-state index in [-0.39, 0.29) is 30.9 Å². The number of carbonyl (C=O) groups excluding carboxylic acids is 3. The van der Waals surface area contributed by atoms with Crippen molar-refractivity contribution in [3.05, 3.63) is 62.4 Å². The van der Waals surface area contributed by atoms with Crippen molar-refractivity contribution >= 4 is 46.6 Å².